The molecule has 0 aromatic heterocycles. The normalized spacial score (nSPS) is 25.8. The van der Waals surface area contributed by atoms with E-state index in [-0.39, 0.29) is 37.3 Å². The molecule has 0 bridgehead atoms. The number of hydrogen-bond acceptors (Lipinski definition) is 2. The molecule has 2 nitrogen and oxygen atoms in total. The maximum Gasteiger partial charge on any atom is 0.426 e. The Labute approximate surface area is 160 Å². The standard InChI is InChI=1S/C20H25F6NO/c1-27(17(11-12-17)13-14-5-3-2-4-6-14)16-9-7-15(8-10-16)18(28,19(21,22)23)20(24,25)26/h2-6,15-16,28H,7-13H2,1H3. The number of aliphatic hydroxyl groups is 1. The second-order valence-corrected chi connectivity index (χ2v) is 8.26. The molecule has 2 fully saturated rings. The molecule has 0 heterocycles. The molecule has 8 heteroatoms. The monoisotopic (exact) mass is 409 g/mol. The Morgan fingerprint density at radius 1 is 0.929 bits per heavy atom. The van der Waals surface area contributed by atoms with Crippen molar-refractivity contribution < 1.29 is 31.4 Å². The molecule has 2 aliphatic rings. The fourth-order valence-electron chi connectivity index (χ4n) is 4.67. The van der Waals surface area contributed by atoms with Crippen LogP contribution in [0, 0.1) is 5.92 Å². The third kappa shape index (κ3) is 3.77. The van der Waals surface area contributed by atoms with Crippen LogP contribution in [0.2, 0.25) is 0 Å². The van der Waals surface area contributed by atoms with Crippen molar-refractivity contribution in [2.45, 2.75) is 74.5 Å². The highest BCUT2D eigenvalue weighted by Crippen LogP contribution is 2.53. The van der Waals surface area contributed by atoms with Gasteiger partial charge in [-0.3, -0.25) is 4.90 Å². The summed E-state index contributed by atoms with van der Waals surface area (Å²) >= 11 is 0. The van der Waals surface area contributed by atoms with Crippen LogP contribution in [-0.4, -0.2) is 46.6 Å². The van der Waals surface area contributed by atoms with E-state index >= 15 is 0 Å². The van der Waals surface area contributed by atoms with Crippen LogP contribution < -0.4 is 0 Å². The van der Waals surface area contributed by atoms with Gasteiger partial charge in [-0.25, -0.2) is 0 Å². The summed E-state index contributed by atoms with van der Waals surface area (Å²) < 4.78 is 78.6. The van der Waals surface area contributed by atoms with Crippen molar-refractivity contribution in [3.63, 3.8) is 0 Å². The minimum atomic E-state index is -5.74. The summed E-state index contributed by atoms with van der Waals surface area (Å²) in [6.07, 6.45) is -8.89. The van der Waals surface area contributed by atoms with E-state index in [4.69, 9.17) is 0 Å². The lowest BCUT2D eigenvalue weighted by Gasteiger charge is -2.45. The van der Waals surface area contributed by atoms with Gasteiger partial charge < -0.3 is 5.11 Å². The van der Waals surface area contributed by atoms with Crippen molar-refractivity contribution in [3.8, 4) is 0 Å². The maximum absolute atomic E-state index is 13.1. The molecule has 1 N–H and O–H groups in total. The van der Waals surface area contributed by atoms with E-state index in [1.54, 1.807) is 0 Å². The van der Waals surface area contributed by atoms with Crippen LogP contribution in [0.25, 0.3) is 0 Å². The van der Waals surface area contributed by atoms with Crippen LogP contribution in [0.3, 0.4) is 0 Å². The average Bonchev–Trinajstić information content (AvgIpc) is 3.40. The van der Waals surface area contributed by atoms with Crippen LogP contribution in [0.5, 0.6) is 0 Å². The summed E-state index contributed by atoms with van der Waals surface area (Å²) in [6, 6.07) is 9.80. The van der Waals surface area contributed by atoms with Gasteiger partial charge in [-0.05, 0) is 57.6 Å². The first kappa shape index (κ1) is 21.4. The summed E-state index contributed by atoms with van der Waals surface area (Å²) in [6.45, 7) is 0. The first-order valence-electron chi connectivity index (χ1n) is 9.53. The lowest BCUT2D eigenvalue weighted by atomic mass is 9.74. The molecule has 0 saturated heterocycles. The van der Waals surface area contributed by atoms with Crippen molar-refractivity contribution in [1.82, 2.24) is 4.90 Å². The summed E-state index contributed by atoms with van der Waals surface area (Å²) in [4.78, 5) is 2.15. The van der Waals surface area contributed by atoms with Gasteiger partial charge in [0.15, 0.2) is 0 Å². The zero-order valence-corrected chi connectivity index (χ0v) is 15.7. The third-order valence-corrected chi connectivity index (χ3v) is 6.65. The molecule has 0 unspecified atom stereocenters. The number of nitrogens with zero attached hydrogens (tertiary/aromatic N) is 1. The van der Waals surface area contributed by atoms with Gasteiger partial charge in [0.2, 0.25) is 0 Å². The van der Waals surface area contributed by atoms with Crippen LogP contribution in [0.1, 0.15) is 44.1 Å². The molecular formula is C20H25F6NO. The predicted molar refractivity (Wildman–Crippen MR) is 92.7 cm³/mol. The van der Waals surface area contributed by atoms with Crippen molar-refractivity contribution in [2.75, 3.05) is 7.05 Å². The minimum absolute atomic E-state index is 0.0663. The van der Waals surface area contributed by atoms with Crippen molar-refractivity contribution >= 4 is 0 Å². The first-order valence-corrected chi connectivity index (χ1v) is 9.53. The number of hydrogen-bond donors (Lipinski definition) is 1. The Morgan fingerprint density at radius 2 is 1.43 bits per heavy atom. The molecule has 1 aromatic rings. The minimum Gasteiger partial charge on any atom is -0.373 e. The van der Waals surface area contributed by atoms with Crippen molar-refractivity contribution in [3.05, 3.63) is 35.9 Å². The summed E-state index contributed by atoms with van der Waals surface area (Å²) in [7, 11) is 1.92. The zero-order chi connectivity index (χ0) is 20.8. The Balaban J connectivity index is 1.66. The number of halogens is 6. The van der Waals surface area contributed by atoms with Crippen LogP contribution in [0.4, 0.5) is 26.3 Å². The summed E-state index contributed by atoms with van der Waals surface area (Å²) in [5.41, 5.74) is -3.53. The quantitative estimate of drug-likeness (QED) is 0.684. The Kier molecular flexibility index (Phi) is 5.51. The van der Waals surface area contributed by atoms with Gasteiger partial charge in [-0.2, -0.15) is 26.3 Å². The van der Waals surface area contributed by atoms with Gasteiger partial charge in [0.05, 0.1) is 0 Å². The number of benzene rings is 1. The zero-order valence-electron chi connectivity index (χ0n) is 15.7. The molecule has 2 aliphatic carbocycles. The fourth-order valence-corrected chi connectivity index (χ4v) is 4.67. The van der Waals surface area contributed by atoms with Gasteiger partial charge >= 0.3 is 12.4 Å². The van der Waals surface area contributed by atoms with E-state index in [9.17, 15) is 31.4 Å². The van der Waals surface area contributed by atoms with E-state index in [2.05, 4.69) is 4.90 Å². The van der Waals surface area contributed by atoms with Crippen LogP contribution in [0.15, 0.2) is 30.3 Å². The molecule has 0 aliphatic heterocycles. The highest BCUT2D eigenvalue weighted by Gasteiger charge is 2.73. The second kappa shape index (κ2) is 7.20. The molecule has 28 heavy (non-hydrogen) atoms. The average molecular weight is 409 g/mol. The highest BCUT2D eigenvalue weighted by molar-refractivity contribution is 5.21. The molecule has 0 radical (unpaired) electrons. The Morgan fingerprint density at radius 3 is 1.86 bits per heavy atom. The van der Waals surface area contributed by atoms with Crippen LogP contribution in [-0.2, 0) is 6.42 Å². The van der Waals surface area contributed by atoms with Gasteiger partial charge in [0, 0.05) is 17.5 Å². The second-order valence-electron chi connectivity index (χ2n) is 8.26. The summed E-state index contributed by atoms with van der Waals surface area (Å²) in [5, 5.41) is 9.64. The molecule has 0 atom stereocenters. The van der Waals surface area contributed by atoms with Gasteiger partial charge in [0.1, 0.15) is 0 Å². The molecular weight excluding hydrogens is 384 g/mol. The third-order valence-electron chi connectivity index (χ3n) is 6.65. The molecule has 0 spiro atoms. The van der Waals surface area contributed by atoms with Gasteiger partial charge in [-0.1, -0.05) is 30.3 Å². The van der Waals surface area contributed by atoms with Gasteiger partial charge in [0.25, 0.3) is 5.60 Å². The number of rotatable bonds is 5. The number of likely N-dealkylation sites (N-methyl/N-ethyl adjacent to an activating group) is 1. The van der Waals surface area contributed by atoms with E-state index in [0.717, 1.165) is 19.3 Å². The smallest absolute Gasteiger partial charge is 0.373 e. The first-order chi connectivity index (χ1) is 12.9. The van der Waals surface area contributed by atoms with Gasteiger partial charge in [-0.15, -0.1) is 0 Å². The molecule has 2 saturated carbocycles. The van der Waals surface area contributed by atoms with E-state index in [1.165, 1.54) is 5.56 Å². The highest BCUT2D eigenvalue weighted by atomic mass is 19.4. The Hall–Kier alpha value is -1.28. The van der Waals surface area contributed by atoms with Crippen molar-refractivity contribution in [2.24, 2.45) is 5.92 Å². The van der Waals surface area contributed by atoms with E-state index in [0.29, 0.717) is 0 Å². The molecule has 158 valence electrons. The molecule has 1 aromatic carbocycles. The predicted octanol–water partition coefficient (Wildman–Crippen LogP) is 5.11. The lowest BCUT2D eigenvalue weighted by Crippen LogP contribution is -2.62. The van der Waals surface area contributed by atoms with Crippen LogP contribution >= 0.6 is 0 Å². The summed E-state index contributed by atoms with van der Waals surface area (Å²) in [5.74, 6) is -1.86. The lowest BCUT2D eigenvalue weighted by molar-refractivity contribution is -0.387. The Bertz CT molecular complexity index is 646. The van der Waals surface area contributed by atoms with E-state index < -0.39 is 23.9 Å². The fraction of sp³-hybridized carbons (Fsp3) is 0.700. The maximum atomic E-state index is 13.1. The molecule has 3 rings (SSSR count). The van der Waals surface area contributed by atoms with E-state index in [1.807, 2.05) is 37.4 Å². The SMILES string of the molecule is CN(C1CCC(C(O)(C(F)(F)F)C(F)(F)F)CC1)C1(Cc2ccccc2)CC1. The topological polar surface area (TPSA) is 23.5 Å². The largest absolute Gasteiger partial charge is 0.426 e. The number of alkyl halides is 6. The van der Waals surface area contributed by atoms with Crippen molar-refractivity contribution in [1.29, 1.82) is 0 Å². The molecule has 0 amide bonds.